The van der Waals surface area contributed by atoms with Gasteiger partial charge in [-0.3, -0.25) is 9.59 Å². The molecule has 0 bridgehead atoms. The highest BCUT2D eigenvalue weighted by Gasteiger charge is 2.34. The van der Waals surface area contributed by atoms with E-state index >= 15 is 0 Å². The lowest BCUT2D eigenvalue weighted by molar-refractivity contribution is 0.0977. The third kappa shape index (κ3) is 1.73. The second-order valence-corrected chi connectivity index (χ2v) is 6.08. The van der Waals surface area contributed by atoms with Crippen LogP contribution in [-0.2, 0) is 0 Å². The van der Waals surface area contributed by atoms with Crippen LogP contribution in [0.1, 0.15) is 54.1 Å². The molecule has 110 valence electrons. The number of hydrogen-bond acceptors (Lipinski definition) is 2. The number of carbonyl (C=O) groups is 2. The normalized spacial score (nSPS) is 13.1. The Hall–Kier alpha value is -2.23. The van der Waals surface area contributed by atoms with E-state index in [4.69, 9.17) is 0 Å². The van der Waals surface area contributed by atoms with Crippen molar-refractivity contribution >= 4 is 24.9 Å². The van der Waals surface area contributed by atoms with Gasteiger partial charge in [0.1, 0.15) is 13.7 Å². The first-order valence-corrected chi connectivity index (χ1v) is 7.25. The van der Waals surface area contributed by atoms with Gasteiger partial charge in [0, 0.05) is 22.3 Å². The quantitative estimate of drug-likeness (QED) is 0.595. The first kappa shape index (κ1) is 14.7. The van der Waals surface area contributed by atoms with Crippen LogP contribution < -0.4 is 5.46 Å². The van der Waals surface area contributed by atoms with Crippen LogP contribution in [-0.4, -0.2) is 19.4 Å². The third-order valence-electron chi connectivity index (χ3n) is 4.78. The van der Waals surface area contributed by atoms with Crippen LogP contribution in [0.5, 0.6) is 0 Å². The number of ketones is 2. The summed E-state index contributed by atoms with van der Waals surface area (Å²) in [6, 6.07) is 3.24. The number of rotatable bonds is 0. The van der Waals surface area contributed by atoms with Crippen LogP contribution in [0, 0.1) is 33.5 Å². The standard InChI is InChI=1S/C18H16BFO2/c1-7-5-11-13(9(3)15(7)19)17(21)12-6-8(2)16(20)10(4)14(12)18(11)22/h5-6H,19H2,1-4H3. The molecule has 2 aromatic carbocycles. The maximum atomic E-state index is 14.2. The molecule has 0 spiro atoms. The SMILES string of the molecule is Bc1c(C)cc2c(c1C)C(=O)c1cc(C)c(F)c(C)c1C2=O. The van der Waals surface area contributed by atoms with Gasteiger partial charge in [-0.05, 0) is 56.5 Å². The summed E-state index contributed by atoms with van der Waals surface area (Å²) in [5, 5.41) is 0. The van der Waals surface area contributed by atoms with Crippen molar-refractivity contribution in [3.63, 3.8) is 0 Å². The van der Waals surface area contributed by atoms with Crippen molar-refractivity contribution in [2.24, 2.45) is 0 Å². The highest BCUT2D eigenvalue weighted by Crippen LogP contribution is 2.33. The zero-order valence-corrected chi connectivity index (χ0v) is 13.3. The average molecular weight is 294 g/mol. The fourth-order valence-corrected chi connectivity index (χ4v) is 3.25. The lowest BCUT2D eigenvalue weighted by atomic mass is 9.74. The Kier molecular flexibility index (Phi) is 3.10. The predicted molar refractivity (Wildman–Crippen MR) is 86.8 cm³/mol. The molecule has 0 fully saturated rings. The van der Waals surface area contributed by atoms with Crippen molar-refractivity contribution in [2.45, 2.75) is 27.7 Å². The lowest BCUT2D eigenvalue weighted by Crippen LogP contribution is -2.28. The molecule has 2 aromatic rings. The van der Waals surface area contributed by atoms with Gasteiger partial charge in [-0.2, -0.15) is 0 Å². The zero-order chi connectivity index (χ0) is 16.3. The lowest BCUT2D eigenvalue weighted by Gasteiger charge is -2.23. The van der Waals surface area contributed by atoms with Gasteiger partial charge >= 0.3 is 0 Å². The van der Waals surface area contributed by atoms with Gasteiger partial charge in [-0.1, -0.05) is 11.0 Å². The zero-order valence-electron chi connectivity index (χ0n) is 13.3. The van der Waals surface area contributed by atoms with Gasteiger partial charge in [0.25, 0.3) is 0 Å². The van der Waals surface area contributed by atoms with Crippen molar-refractivity contribution in [3.8, 4) is 0 Å². The molecular formula is C18H16BFO2. The summed E-state index contributed by atoms with van der Waals surface area (Å²) in [5.41, 5.74) is 4.85. The van der Waals surface area contributed by atoms with Gasteiger partial charge in [0.15, 0.2) is 11.6 Å². The highest BCUT2D eigenvalue weighted by atomic mass is 19.1. The number of aryl methyl sites for hydroxylation is 2. The van der Waals surface area contributed by atoms with Crippen molar-refractivity contribution in [1.82, 2.24) is 0 Å². The van der Waals surface area contributed by atoms with Crippen molar-refractivity contribution in [3.05, 3.63) is 62.5 Å². The summed E-state index contributed by atoms with van der Waals surface area (Å²) in [6.45, 7) is 6.95. The van der Waals surface area contributed by atoms with E-state index in [1.807, 2.05) is 21.7 Å². The Morgan fingerprint density at radius 3 is 1.82 bits per heavy atom. The van der Waals surface area contributed by atoms with E-state index in [-0.39, 0.29) is 22.7 Å². The monoisotopic (exact) mass is 294 g/mol. The molecule has 2 nitrogen and oxygen atoms in total. The fraction of sp³-hybridized carbons (Fsp3) is 0.222. The Bertz CT molecular complexity index is 808. The largest absolute Gasteiger partial charge is 0.289 e. The fourth-order valence-electron chi connectivity index (χ4n) is 3.25. The summed E-state index contributed by atoms with van der Waals surface area (Å²) in [7, 11) is 1.94. The van der Waals surface area contributed by atoms with E-state index in [0.29, 0.717) is 22.3 Å². The molecule has 1 aliphatic rings. The van der Waals surface area contributed by atoms with E-state index in [1.165, 1.54) is 6.07 Å². The molecule has 3 rings (SSSR count). The summed E-state index contributed by atoms with van der Waals surface area (Å²) >= 11 is 0. The van der Waals surface area contributed by atoms with E-state index in [0.717, 1.165) is 16.6 Å². The minimum absolute atomic E-state index is 0.184. The molecule has 0 atom stereocenters. The van der Waals surface area contributed by atoms with Crippen molar-refractivity contribution in [2.75, 3.05) is 0 Å². The van der Waals surface area contributed by atoms with E-state index in [9.17, 15) is 14.0 Å². The van der Waals surface area contributed by atoms with Gasteiger partial charge in [-0.15, -0.1) is 0 Å². The Labute approximate surface area is 129 Å². The second kappa shape index (κ2) is 4.63. The molecule has 0 heterocycles. The molecule has 0 aliphatic heterocycles. The molecule has 4 heteroatoms. The molecule has 0 aromatic heterocycles. The van der Waals surface area contributed by atoms with Crippen LogP contribution >= 0.6 is 0 Å². The van der Waals surface area contributed by atoms with Crippen LogP contribution in [0.3, 0.4) is 0 Å². The summed E-state index contributed by atoms with van der Waals surface area (Å²) in [4.78, 5) is 25.7. The van der Waals surface area contributed by atoms with E-state index in [2.05, 4.69) is 0 Å². The number of benzene rings is 2. The van der Waals surface area contributed by atoms with Crippen LogP contribution in [0.2, 0.25) is 0 Å². The Morgan fingerprint density at radius 1 is 0.818 bits per heavy atom. The molecule has 0 radical (unpaired) electrons. The minimum atomic E-state index is -0.413. The van der Waals surface area contributed by atoms with E-state index in [1.54, 1.807) is 19.9 Å². The average Bonchev–Trinajstić information content (AvgIpc) is 2.47. The Balaban J connectivity index is 2.43. The highest BCUT2D eigenvalue weighted by molar-refractivity contribution is 6.37. The molecule has 0 saturated carbocycles. The van der Waals surface area contributed by atoms with Crippen molar-refractivity contribution < 1.29 is 14.0 Å². The summed E-state index contributed by atoms with van der Waals surface area (Å²) in [5.74, 6) is -0.854. The number of halogens is 1. The topological polar surface area (TPSA) is 34.1 Å². The summed E-state index contributed by atoms with van der Waals surface area (Å²) in [6.07, 6.45) is 0. The van der Waals surface area contributed by atoms with Crippen LogP contribution in [0.4, 0.5) is 4.39 Å². The Morgan fingerprint density at radius 2 is 1.27 bits per heavy atom. The minimum Gasteiger partial charge on any atom is -0.289 e. The van der Waals surface area contributed by atoms with Gasteiger partial charge < -0.3 is 0 Å². The van der Waals surface area contributed by atoms with Gasteiger partial charge in [0.05, 0.1) is 0 Å². The van der Waals surface area contributed by atoms with Crippen LogP contribution in [0.15, 0.2) is 12.1 Å². The number of carbonyl (C=O) groups excluding carboxylic acids is 2. The van der Waals surface area contributed by atoms with Crippen LogP contribution in [0.25, 0.3) is 0 Å². The smallest absolute Gasteiger partial charge is 0.194 e. The number of fused-ring (bicyclic) bond motifs is 2. The molecule has 0 unspecified atom stereocenters. The first-order valence-electron chi connectivity index (χ1n) is 7.25. The summed E-state index contributed by atoms with van der Waals surface area (Å²) < 4.78 is 14.2. The molecule has 0 saturated heterocycles. The molecule has 0 N–H and O–H groups in total. The number of hydrogen-bond donors (Lipinski definition) is 0. The van der Waals surface area contributed by atoms with Gasteiger partial charge in [0.2, 0.25) is 0 Å². The van der Waals surface area contributed by atoms with E-state index < -0.39 is 5.82 Å². The molecule has 1 aliphatic carbocycles. The third-order valence-corrected chi connectivity index (χ3v) is 4.78. The predicted octanol–water partition coefficient (Wildman–Crippen LogP) is 2.09. The maximum absolute atomic E-state index is 14.2. The second-order valence-electron chi connectivity index (χ2n) is 6.08. The molecule has 22 heavy (non-hydrogen) atoms. The molecule has 0 amide bonds. The van der Waals surface area contributed by atoms with Crippen molar-refractivity contribution in [1.29, 1.82) is 0 Å². The first-order chi connectivity index (χ1) is 10.3. The maximum Gasteiger partial charge on any atom is 0.194 e. The molecular weight excluding hydrogens is 278 g/mol. The van der Waals surface area contributed by atoms with Gasteiger partial charge in [-0.25, -0.2) is 4.39 Å².